The molecule has 0 aliphatic carbocycles. The second-order valence-electron chi connectivity index (χ2n) is 4.85. The van der Waals surface area contributed by atoms with Gasteiger partial charge in [-0.15, -0.1) is 11.3 Å². The van der Waals surface area contributed by atoms with Crippen molar-refractivity contribution < 1.29 is 4.79 Å². The third-order valence-corrected chi connectivity index (χ3v) is 4.80. The van der Waals surface area contributed by atoms with Crippen LogP contribution in [0.15, 0.2) is 40.2 Å². The molecular formula is C15H14BrNOS. The van der Waals surface area contributed by atoms with Gasteiger partial charge in [-0.2, -0.15) is 0 Å². The van der Waals surface area contributed by atoms with Crippen LogP contribution in [-0.4, -0.2) is 11.9 Å². The molecule has 2 aromatic rings. The number of amides is 1. The Labute approximate surface area is 125 Å². The quantitative estimate of drug-likeness (QED) is 0.811. The maximum atomic E-state index is 12.5. The summed E-state index contributed by atoms with van der Waals surface area (Å²) in [5.41, 5.74) is 2.32. The first-order valence-electron chi connectivity index (χ1n) is 6.28. The molecule has 0 radical (unpaired) electrons. The molecule has 0 bridgehead atoms. The molecule has 1 amide bonds. The monoisotopic (exact) mass is 335 g/mol. The van der Waals surface area contributed by atoms with E-state index in [0.29, 0.717) is 6.42 Å². The molecule has 1 aromatic heterocycles. The van der Waals surface area contributed by atoms with Gasteiger partial charge in [-0.1, -0.05) is 22.0 Å². The molecule has 0 saturated carbocycles. The van der Waals surface area contributed by atoms with E-state index >= 15 is 0 Å². The summed E-state index contributed by atoms with van der Waals surface area (Å²) in [4.78, 5) is 15.6. The smallest absolute Gasteiger partial charge is 0.232 e. The van der Waals surface area contributed by atoms with Crippen LogP contribution in [0.3, 0.4) is 0 Å². The lowest BCUT2D eigenvalue weighted by Crippen LogP contribution is -2.36. The third kappa shape index (κ3) is 2.47. The summed E-state index contributed by atoms with van der Waals surface area (Å²) in [5.74, 6) is 0.191. The van der Waals surface area contributed by atoms with Gasteiger partial charge in [0.25, 0.3) is 0 Å². The van der Waals surface area contributed by atoms with Crippen LogP contribution in [0.25, 0.3) is 0 Å². The highest BCUT2D eigenvalue weighted by atomic mass is 79.9. The van der Waals surface area contributed by atoms with Crippen molar-refractivity contribution in [1.29, 1.82) is 0 Å². The lowest BCUT2D eigenvalue weighted by atomic mass is 10.1. The SMILES string of the molecule is CC1Cc2cc(Br)ccc2N1C(=O)Cc1cccs1. The van der Waals surface area contributed by atoms with Crippen molar-refractivity contribution in [2.75, 3.05) is 4.90 Å². The van der Waals surface area contributed by atoms with Crippen molar-refractivity contribution in [3.63, 3.8) is 0 Å². The van der Waals surface area contributed by atoms with E-state index in [1.807, 2.05) is 34.5 Å². The standard InChI is InChI=1S/C15H14BrNOS/c1-10-7-11-8-12(16)4-5-14(11)17(10)15(18)9-13-3-2-6-19-13/h2-6,8,10H,7,9H2,1H3. The largest absolute Gasteiger partial charge is 0.309 e. The molecule has 2 nitrogen and oxygen atoms in total. The van der Waals surface area contributed by atoms with Crippen LogP contribution in [0.2, 0.25) is 0 Å². The average molecular weight is 336 g/mol. The van der Waals surface area contributed by atoms with Crippen LogP contribution in [0.5, 0.6) is 0 Å². The van der Waals surface area contributed by atoms with Gasteiger partial charge in [0.05, 0.1) is 6.42 Å². The number of halogens is 1. The third-order valence-electron chi connectivity index (χ3n) is 3.43. The van der Waals surface area contributed by atoms with Crippen LogP contribution in [0, 0.1) is 0 Å². The molecular weight excluding hydrogens is 322 g/mol. The molecule has 1 atom stereocenters. The van der Waals surface area contributed by atoms with Crippen LogP contribution in [-0.2, 0) is 17.6 Å². The van der Waals surface area contributed by atoms with Gasteiger partial charge in [0.15, 0.2) is 0 Å². The maximum absolute atomic E-state index is 12.5. The minimum atomic E-state index is 0.191. The summed E-state index contributed by atoms with van der Waals surface area (Å²) >= 11 is 5.13. The van der Waals surface area contributed by atoms with Gasteiger partial charge in [0.1, 0.15) is 0 Å². The molecule has 0 N–H and O–H groups in total. The molecule has 0 saturated heterocycles. The van der Waals surface area contributed by atoms with Crippen molar-refractivity contribution in [1.82, 2.24) is 0 Å². The fourth-order valence-corrected chi connectivity index (χ4v) is 3.73. The Kier molecular flexibility index (Phi) is 3.46. The number of hydrogen-bond donors (Lipinski definition) is 0. The topological polar surface area (TPSA) is 20.3 Å². The number of carbonyl (C=O) groups excluding carboxylic acids is 1. The van der Waals surface area contributed by atoms with E-state index in [1.54, 1.807) is 11.3 Å². The Morgan fingerprint density at radius 2 is 2.32 bits per heavy atom. The molecule has 19 heavy (non-hydrogen) atoms. The zero-order chi connectivity index (χ0) is 13.4. The molecule has 2 heterocycles. The van der Waals surface area contributed by atoms with E-state index in [9.17, 15) is 4.79 Å². The minimum absolute atomic E-state index is 0.191. The van der Waals surface area contributed by atoms with Gasteiger partial charge in [-0.25, -0.2) is 0 Å². The van der Waals surface area contributed by atoms with Gasteiger partial charge in [-0.3, -0.25) is 4.79 Å². The van der Waals surface area contributed by atoms with Crippen LogP contribution in [0.1, 0.15) is 17.4 Å². The second-order valence-corrected chi connectivity index (χ2v) is 6.79. The molecule has 3 rings (SSSR count). The van der Waals surface area contributed by atoms with E-state index < -0.39 is 0 Å². The minimum Gasteiger partial charge on any atom is -0.309 e. The first-order chi connectivity index (χ1) is 9.15. The number of carbonyl (C=O) groups is 1. The van der Waals surface area contributed by atoms with E-state index in [4.69, 9.17) is 0 Å². The highest BCUT2D eigenvalue weighted by Gasteiger charge is 2.30. The Morgan fingerprint density at radius 1 is 1.47 bits per heavy atom. The van der Waals surface area contributed by atoms with Crippen molar-refractivity contribution in [3.8, 4) is 0 Å². The zero-order valence-corrected chi connectivity index (χ0v) is 13.0. The zero-order valence-electron chi connectivity index (χ0n) is 10.6. The Hall–Kier alpha value is -1.13. The van der Waals surface area contributed by atoms with E-state index in [0.717, 1.165) is 21.5 Å². The average Bonchev–Trinajstić information content (AvgIpc) is 2.95. The van der Waals surface area contributed by atoms with Crippen molar-refractivity contribution >= 4 is 38.9 Å². The predicted molar refractivity (Wildman–Crippen MR) is 82.8 cm³/mol. The molecule has 1 unspecified atom stereocenters. The Bertz CT molecular complexity index is 609. The summed E-state index contributed by atoms with van der Waals surface area (Å²) in [6.07, 6.45) is 1.43. The summed E-state index contributed by atoms with van der Waals surface area (Å²) in [6, 6.07) is 10.4. The maximum Gasteiger partial charge on any atom is 0.232 e. The number of nitrogens with zero attached hydrogens (tertiary/aromatic N) is 1. The number of anilines is 1. The van der Waals surface area contributed by atoms with Gasteiger partial charge in [0.2, 0.25) is 5.91 Å². The summed E-state index contributed by atoms with van der Waals surface area (Å²) in [6.45, 7) is 2.11. The van der Waals surface area contributed by atoms with Crippen molar-refractivity contribution in [2.45, 2.75) is 25.8 Å². The predicted octanol–water partition coefficient (Wildman–Crippen LogP) is 4.03. The van der Waals surface area contributed by atoms with Crippen LogP contribution in [0.4, 0.5) is 5.69 Å². The fraction of sp³-hybridized carbons (Fsp3) is 0.267. The molecule has 1 aliphatic rings. The van der Waals surface area contributed by atoms with Gasteiger partial charge < -0.3 is 4.90 Å². The Morgan fingerprint density at radius 3 is 3.05 bits per heavy atom. The fourth-order valence-electron chi connectivity index (χ4n) is 2.63. The molecule has 4 heteroatoms. The number of fused-ring (bicyclic) bond motifs is 1. The van der Waals surface area contributed by atoms with Gasteiger partial charge >= 0.3 is 0 Å². The van der Waals surface area contributed by atoms with E-state index in [1.165, 1.54) is 5.56 Å². The molecule has 0 fully saturated rings. The summed E-state index contributed by atoms with van der Waals surface area (Å²) < 4.78 is 1.08. The van der Waals surface area contributed by atoms with Gasteiger partial charge in [-0.05, 0) is 48.6 Å². The van der Waals surface area contributed by atoms with E-state index in [2.05, 4.69) is 28.9 Å². The van der Waals surface area contributed by atoms with Gasteiger partial charge in [0, 0.05) is 21.1 Å². The first kappa shape index (κ1) is 12.9. The highest BCUT2D eigenvalue weighted by Crippen LogP contribution is 2.34. The lowest BCUT2D eigenvalue weighted by Gasteiger charge is -2.22. The molecule has 1 aliphatic heterocycles. The molecule has 0 spiro atoms. The van der Waals surface area contributed by atoms with Crippen molar-refractivity contribution in [3.05, 3.63) is 50.6 Å². The van der Waals surface area contributed by atoms with Crippen molar-refractivity contribution in [2.24, 2.45) is 0 Å². The summed E-state index contributed by atoms with van der Waals surface area (Å²) in [5, 5.41) is 2.01. The lowest BCUT2D eigenvalue weighted by molar-refractivity contribution is -0.118. The number of thiophene rings is 1. The molecule has 1 aromatic carbocycles. The highest BCUT2D eigenvalue weighted by molar-refractivity contribution is 9.10. The first-order valence-corrected chi connectivity index (χ1v) is 7.95. The normalized spacial score (nSPS) is 17.6. The molecule has 98 valence electrons. The second kappa shape index (κ2) is 5.10. The van der Waals surface area contributed by atoms with Crippen LogP contribution < -0.4 is 4.90 Å². The van der Waals surface area contributed by atoms with Crippen LogP contribution >= 0.6 is 27.3 Å². The number of rotatable bonds is 2. The number of benzene rings is 1. The van der Waals surface area contributed by atoms with E-state index in [-0.39, 0.29) is 11.9 Å². The summed E-state index contributed by atoms with van der Waals surface area (Å²) in [7, 11) is 0. The Balaban J connectivity index is 1.87. The number of hydrogen-bond acceptors (Lipinski definition) is 2.